The van der Waals surface area contributed by atoms with Crippen LogP contribution in [-0.2, 0) is 19.0 Å². The number of ether oxygens (including phenoxy) is 3. The summed E-state index contributed by atoms with van der Waals surface area (Å²) in [4.78, 5) is 11.1. The topological polar surface area (TPSA) is 68.5 Å². The molecule has 1 saturated heterocycles. The lowest BCUT2D eigenvalue weighted by molar-refractivity contribution is -0.169. The maximum absolute atomic E-state index is 11.1. The predicted molar refractivity (Wildman–Crippen MR) is 73.7 cm³/mol. The molecule has 114 valence electrons. The van der Waals surface area contributed by atoms with E-state index in [4.69, 9.17) is 19.5 Å². The first-order valence-electron chi connectivity index (χ1n) is 7.33. The average Bonchev–Trinajstić information content (AvgIpc) is 2.78. The molecule has 3 unspecified atom stereocenters. The molecule has 0 spiro atoms. The fraction of sp³-hybridized carbons (Fsp3) is 0.867. The first-order valence-corrected chi connectivity index (χ1v) is 7.33. The second-order valence-corrected chi connectivity index (χ2v) is 5.61. The van der Waals surface area contributed by atoms with Gasteiger partial charge in [0.25, 0.3) is 0 Å². The van der Waals surface area contributed by atoms with Crippen molar-refractivity contribution in [1.82, 2.24) is 0 Å². The second kappa shape index (κ2) is 8.23. The summed E-state index contributed by atoms with van der Waals surface area (Å²) < 4.78 is 16.4. The van der Waals surface area contributed by atoms with Crippen molar-refractivity contribution < 1.29 is 19.0 Å². The molecule has 0 amide bonds. The van der Waals surface area contributed by atoms with Gasteiger partial charge in [0.05, 0.1) is 12.7 Å². The summed E-state index contributed by atoms with van der Waals surface area (Å²) in [5, 5.41) is 8.37. The molecule has 3 atom stereocenters. The van der Waals surface area contributed by atoms with Crippen molar-refractivity contribution in [2.24, 2.45) is 5.92 Å². The zero-order valence-corrected chi connectivity index (χ0v) is 12.7. The Labute approximate surface area is 121 Å². The van der Waals surface area contributed by atoms with Gasteiger partial charge in [0, 0.05) is 6.42 Å². The highest BCUT2D eigenvalue weighted by Crippen LogP contribution is 2.29. The van der Waals surface area contributed by atoms with Gasteiger partial charge in [-0.2, -0.15) is 5.26 Å². The summed E-state index contributed by atoms with van der Waals surface area (Å²) in [5.74, 6) is -0.357. The summed E-state index contributed by atoms with van der Waals surface area (Å²) in [6.45, 7) is 6.96. The number of nitrogens with zero attached hydrogens (tertiary/aromatic N) is 1. The highest BCUT2D eigenvalue weighted by Gasteiger charge is 2.37. The van der Waals surface area contributed by atoms with Gasteiger partial charge in [0.1, 0.15) is 19.1 Å². The molecule has 1 aliphatic rings. The first kappa shape index (κ1) is 16.9. The second-order valence-electron chi connectivity index (χ2n) is 5.61. The number of carbonyl (C=O) groups is 1. The minimum absolute atomic E-state index is 0.154. The Hall–Kier alpha value is -1.12. The van der Waals surface area contributed by atoms with Crippen LogP contribution in [0.25, 0.3) is 0 Å². The molecule has 1 fully saturated rings. The lowest BCUT2D eigenvalue weighted by atomic mass is 9.99. The van der Waals surface area contributed by atoms with E-state index in [1.807, 2.05) is 6.92 Å². The zero-order chi connectivity index (χ0) is 15.0. The van der Waals surface area contributed by atoms with E-state index in [9.17, 15) is 4.79 Å². The van der Waals surface area contributed by atoms with E-state index in [1.165, 1.54) is 12.8 Å². The SMILES string of the molecule is CCC(C)CCCC1(C)OCC(COC(=O)CC#N)O1. The fourth-order valence-electron chi connectivity index (χ4n) is 2.18. The van der Waals surface area contributed by atoms with Crippen LogP contribution in [0.2, 0.25) is 0 Å². The molecule has 0 aromatic rings. The molecule has 5 nitrogen and oxygen atoms in total. The van der Waals surface area contributed by atoms with E-state index in [0.717, 1.165) is 18.8 Å². The Bertz CT molecular complexity index is 352. The van der Waals surface area contributed by atoms with E-state index in [-0.39, 0.29) is 19.1 Å². The third kappa shape index (κ3) is 5.89. The smallest absolute Gasteiger partial charge is 0.320 e. The number of carbonyl (C=O) groups excluding carboxylic acids is 1. The van der Waals surface area contributed by atoms with Crippen LogP contribution in [-0.4, -0.2) is 31.1 Å². The summed E-state index contributed by atoms with van der Waals surface area (Å²) in [5.41, 5.74) is 0. The predicted octanol–water partition coefficient (Wildman–Crippen LogP) is 2.79. The fourth-order valence-corrected chi connectivity index (χ4v) is 2.18. The van der Waals surface area contributed by atoms with Gasteiger partial charge in [-0.05, 0) is 19.3 Å². The highest BCUT2D eigenvalue weighted by molar-refractivity contribution is 5.71. The van der Waals surface area contributed by atoms with Crippen LogP contribution >= 0.6 is 0 Å². The van der Waals surface area contributed by atoms with Crippen molar-refractivity contribution in [2.75, 3.05) is 13.2 Å². The van der Waals surface area contributed by atoms with Gasteiger partial charge >= 0.3 is 5.97 Å². The van der Waals surface area contributed by atoms with Crippen LogP contribution in [0.1, 0.15) is 52.9 Å². The van der Waals surface area contributed by atoms with Crippen LogP contribution in [0.15, 0.2) is 0 Å². The Kier molecular flexibility index (Phi) is 6.97. The van der Waals surface area contributed by atoms with Crippen LogP contribution < -0.4 is 0 Å². The van der Waals surface area contributed by atoms with Gasteiger partial charge in [0.2, 0.25) is 0 Å². The van der Waals surface area contributed by atoms with E-state index in [2.05, 4.69) is 13.8 Å². The van der Waals surface area contributed by atoms with Gasteiger partial charge in [-0.1, -0.05) is 26.7 Å². The Morgan fingerprint density at radius 2 is 2.35 bits per heavy atom. The number of hydrogen-bond acceptors (Lipinski definition) is 5. The molecule has 20 heavy (non-hydrogen) atoms. The normalized spacial score (nSPS) is 27.0. The third-order valence-corrected chi connectivity index (χ3v) is 3.67. The summed E-state index contributed by atoms with van der Waals surface area (Å²) >= 11 is 0. The first-order chi connectivity index (χ1) is 9.49. The minimum atomic E-state index is -0.570. The number of rotatable bonds is 8. The molecule has 5 heteroatoms. The number of nitriles is 1. The van der Waals surface area contributed by atoms with E-state index in [0.29, 0.717) is 6.61 Å². The largest absolute Gasteiger partial charge is 0.462 e. The Morgan fingerprint density at radius 3 is 3.00 bits per heavy atom. The van der Waals surface area contributed by atoms with Gasteiger partial charge in [-0.15, -0.1) is 0 Å². The third-order valence-electron chi connectivity index (χ3n) is 3.67. The van der Waals surface area contributed by atoms with Gasteiger partial charge < -0.3 is 14.2 Å². The molecular weight excluding hydrogens is 258 g/mol. The molecule has 1 heterocycles. The van der Waals surface area contributed by atoms with Gasteiger partial charge in [-0.25, -0.2) is 0 Å². The average molecular weight is 283 g/mol. The molecule has 1 rings (SSSR count). The minimum Gasteiger partial charge on any atom is -0.462 e. The zero-order valence-electron chi connectivity index (χ0n) is 12.7. The van der Waals surface area contributed by atoms with Crippen LogP contribution in [0, 0.1) is 17.2 Å². The van der Waals surface area contributed by atoms with Crippen molar-refractivity contribution in [2.45, 2.75) is 64.8 Å². The molecule has 0 aliphatic carbocycles. The maximum atomic E-state index is 11.1. The number of esters is 1. The molecule has 1 aliphatic heterocycles. The number of hydrogen-bond donors (Lipinski definition) is 0. The lowest BCUT2D eigenvalue weighted by Crippen LogP contribution is -2.28. The summed E-state index contributed by atoms with van der Waals surface area (Å²) in [6.07, 6.45) is 3.81. The van der Waals surface area contributed by atoms with Crippen LogP contribution in [0.5, 0.6) is 0 Å². The Balaban J connectivity index is 2.23. The van der Waals surface area contributed by atoms with Crippen molar-refractivity contribution in [1.29, 1.82) is 5.26 Å². The van der Waals surface area contributed by atoms with E-state index in [1.54, 1.807) is 6.07 Å². The highest BCUT2D eigenvalue weighted by atomic mass is 16.7. The lowest BCUT2D eigenvalue weighted by Gasteiger charge is -2.23. The van der Waals surface area contributed by atoms with Crippen molar-refractivity contribution in [3.05, 3.63) is 0 Å². The van der Waals surface area contributed by atoms with Crippen molar-refractivity contribution >= 4 is 5.97 Å². The monoisotopic (exact) mass is 283 g/mol. The van der Waals surface area contributed by atoms with Crippen LogP contribution in [0.4, 0.5) is 0 Å². The molecule has 0 radical (unpaired) electrons. The summed E-state index contributed by atoms with van der Waals surface area (Å²) in [7, 11) is 0. The Morgan fingerprint density at radius 1 is 1.60 bits per heavy atom. The van der Waals surface area contributed by atoms with Gasteiger partial charge in [0.15, 0.2) is 5.79 Å². The molecule has 0 saturated carbocycles. The van der Waals surface area contributed by atoms with Gasteiger partial charge in [-0.3, -0.25) is 4.79 Å². The molecule has 0 bridgehead atoms. The standard InChI is InChI=1S/C15H25NO4/c1-4-12(2)6-5-8-15(3)19-11-13(20-15)10-18-14(17)7-9-16/h12-13H,4-8,10-11H2,1-3H3. The molecule has 0 N–H and O–H groups in total. The van der Waals surface area contributed by atoms with Crippen LogP contribution in [0.3, 0.4) is 0 Å². The van der Waals surface area contributed by atoms with E-state index >= 15 is 0 Å². The molecule has 0 aromatic heterocycles. The molecule has 0 aromatic carbocycles. The quantitative estimate of drug-likeness (QED) is 0.641. The maximum Gasteiger partial charge on any atom is 0.320 e. The summed E-state index contributed by atoms with van der Waals surface area (Å²) in [6, 6.07) is 1.76. The van der Waals surface area contributed by atoms with Crippen molar-refractivity contribution in [3.63, 3.8) is 0 Å². The van der Waals surface area contributed by atoms with E-state index < -0.39 is 11.8 Å². The van der Waals surface area contributed by atoms with Crippen molar-refractivity contribution in [3.8, 4) is 6.07 Å². The molecular formula is C15H25NO4.